The van der Waals surface area contributed by atoms with Crippen LogP contribution in [0.4, 0.5) is 0 Å². The molecule has 0 radical (unpaired) electrons. The minimum atomic E-state index is -0.427. The number of carbonyl (C=O) groups is 1. The fourth-order valence-electron chi connectivity index (χ4n) is 0.879. The number of esters is 1. The minimum Gasteiger partial charge on any atom is -0.456 e. The van der Waals surface area contributed by atoms with Crippen molar-refractivity contribution in [3.63, 3.8) is 0 Å². The van der Waals surface area contributed by atoms with Crippen molar-refractivity contribution in [3.8, 4) is 0 Å². The van der Waals surface area contributed by atoms with Gasteiger partial charge in [0.25, 0.3) is 0 Å². The van der Waals surface area contributed by atoms with E-state index < -0.39 is 5.97 Å². The summed E-state index contributed by atoms with van der Waals surface area (Å²) in [6.45, 7) is 0.255. The number of hydrogen-bond acceptors (Lipinski definition) is 4. The van der Waals surface area contributed by atoms with Gasteiger partial charge in [-0.1, -0.05) is 0 Å². The van der Waals surface area contributed by atoms with Crippen LogP contribution in [-0.4, -0.2) is 15.9 Å². The summed E-state index contributed by atoms with van der Waals surface area (Å²) >= 11 is 5.46. The average Bonchev–Trinajstić information content (AvgIpc) is 2.33. The lowest BCUT2D eigenvalue weighted by molar-refractivity contribution is 0.0531. The van der Waals surface area contributed by atoms with E-state index in [1.807, 2.05) is 0 Å². The van der Waals surface area contributed by atoms with Gasteiger partial charge in [-0.15, -0.1) is 0 Å². The maximum Gasteiger partial charge on any atom is 0.357 e. The topological polar surface area (TPSA) is 52.1 Å². The highest BCUT2D eigenvalue weighted by Crippen LogP contribution is 2.17. The summed E-state index contributed by atoms with van der Waals surface area (Å²) in [6.07, 6.45) is 1.50. The zero-order valence-electron chi connectivity index (χ0n) is 5.37. The van der Waals surface area contributed by atoms with E-state index in [1.54, 1.807) is 0 Å². The first kappa shape index (κ1) is 6.54. The number of fused-ring (bicyclic) bond motifs is 1. The molecule has 1 aromatic rings. The van der Waals surface area contributed by atoms with Crippen molar-refractivity contribution in [3.05, 3.63) is 22.7 Å². The zero-order valence-corrected chi connectivity index (χ0v) is 6.13. The molecule has 0 saturated heterocycles. The van der Waals surface area contributed by atoms with Crippen molar-refractivity contribution in [2.45, 2.75) is 6.61 Å². The van der Waals surface area contributed by atoms with Crippen molar-refractivity contribution < 1.29 is 9.53 Å². The minimum absolute atomic E-state index is 0.0719. The van der Waals surface area contributed by atoms with Crippen molar-refractivity contribution in [2.75, 3.05) is 0 Å². The average molecular weight is 171 g/mol. The molecule has 0 N–H and O–H groups in total. The predicted molar refractivity (Wildman–Crippen MR) is 36.2 cm³/mol. The number of ether oxygens (including phenoxy) is 1. The highest BCUT2D eigenvalue weighted by Gasteiger charge is 2.23. The number of cyclic esters (lactones) is 1. The molecular weight excluding hydrogens is 168 g/mol. The molecule has 56 valence electrons. The fraction of sp³-hybridized carbons (Fsp3) is 0.167. The largest absolute Gasteiger partial charge is 0.456 e. The number of nitrogens with zero attached hydrogens (tertiary/aromatic N) is 2. The highest BCUT2D eigenvalue weighted by molar-refractivity contribution is 6.28. The zero-order chi connectivity index (χ0) is 7.84. The summed E-state index contributed by atoms with van der Waals surface area (Å²) in [5, 5.41) is 0.0719. The Balaban J connectivity index is 2.60. The molecule has 0 atom stereocenters. The Morgan fingerprint density at radius 1 is 1.64 bits per heavy atom. The van der Waals surface area contributed by atoms with Gasteiger partial charge in [0.05, 0.1) is 0 Å². The van der Waals surface area contributed by atoms with Crippen LogP contribution in [0.3, 0.4) is 0 Å². The van der Waals surface area contributed by atoms with E-state index in [9.17, 15) is 4.79 Å². The number of carbonyl (C=O) groups excluding carboxylic acids is 1. The second-order valence-electron chi connectivity index (χ2n) is 2.09. The molecule has 0 aliphatic carbocycles. The Hall–Kier alpha value is -1.16. The van der Waals surface area contributed by atoms with E-state index in [0.717, 1.165) is 0 Å². The van der Waals surface area contributed by atoms with Gasteiger partial charge in [-0.05, 0) is 11.6 Å². The lowest BCUT2D eigenvalue weighted by Gasteiger charge is -1.90. The molecule has 1 aromatic heterocycles. The summed E-state index contributed by atoms with van der Waals surface area (Å²) in [5.74, 6) is -0.427. The van der Waals surface area contributed by atoms with Crippen LogP contribution in [0.25, 0.3) is 0 Å². The summed E-state index contributed by atoms with van der Waals surface area (Å²) < 4.78 is 4.68. The summed E-state index contributed by atoms with van der Waals surface area (Å²) in [5.41, 5.74) is 0.976. The maximum atomic E-state index is 10.8. The molecule has 1 aliphatic rings. The Bertz CT molecular complexity index is 326. The normalized spacial score (nSPS) is 14.5. The van der Waals surface area contributed by atoms with Gasteiger partial charge in [-0.3, -0.25) is 0 Å². The van der Waals surface area contributed by atoms with Gasteiger partial charge in [0.15, 0.2) is 5.69 Å². The first-order chi connectivity index (χ1) is 5.27. The van der Waals surface area contributed by atoms with Gasteiger partial charge in [-0.2, -0.15) is 0 Å². The summed E-state index contributed by atoms with van der Waals surface area (Å²) in [6, 6.07) is 0. The Labute approximate surface area is 67.2 Å². The molecule has 1 aliphatic heterocycles. The second kappa shape index (κ2) is 2.17. The highest BCUT2D eigenvalue weighted by atomic mass is 35.5. The van der Waals surface area contributed by atoms with Gasteiger partial charge < -0.3 is 4.74 Å². The van der Waals surface area contributed by atoms with Crippen LogP contribution < -0.4 is 0 Å². The van der Waals surface area contributed by atoms with E-state index in [0.29, 0.717) is 5.56 Å². The smallest absolute Gasteiger partial charge is 0.357 e. The molecule has 0 bridgehead atoms. The lowest BCUT2D eigenvalue weighted by atomic mass is 10.3. The monoisotopic (exact) mass is 170 g/mol. The van der Waals surface area contributed by atoms with E-state index in [2.05, 4.69) is 14.7 Å². The molecule has 0 aromatic carbocycles. The molecule has 2 heterocycles. The Morgan fingerprint density at radius 3 is 3.27 bits per heavy atom. The van der Waals surface area contributed by atoms with Crippen LogP contribution in [0.1, 0.15) is 16.1 Å². The van der Waals surface area contributed by atoms with Crippen LogP contribution in [-0.2, 0) is 11.3 Å². The number of halogens is 1. The second-order valence-corrected chi connectivity index (χ2v) is 2.43. The molecule has 11 heavy (non-hydrogen) atoms. The number of rotatable bonds is 0. The molecular formula is C6H3ClN2O2. The van der Waals surface area contributed by atoms with Gasteiger partial charge in [0.1, 0.15) is 6.61 Å². The third kappa shape index (κ3) is 0.952. The maximum absolute atomic E-state index is 10.8. The number of aromatic nitrogens is 2. The van der Waals surface area contributed by atoms with E-state index >= 15 is 0 Å². The standard InChI is InChI=1S/C6H3ClN2O2/c7-6-8-1-3-2-11-5(10)4(3)9-6/h1H,2H2. The first-order valence-corrected chi connectivity index (χ1v) is 3.34. The summed E-state index contributed by atoms with van der Waals surface area (Å²) in [4.78, 5) is 18.3. The van der Waals surface area contributed by atoms with E-state index in [4.69, 9.17) is 11.6 Å². The van der Waals surface area contributed by atoms with Gasteiger partial charge in [0.2, 0.25) is 5.28 Å². The number of hydrogen-bond donors (Lipinski definition) is 0. The molecule has 0 spiro atoms. The third-order valence-corrected chi connectivity index (χ3v) is 1.57. The molecule has 5 heteroatoms. The molecule has 2 rings (SSSR count). The van der Waals surface area contributed by atoms with Crippen molar-refractivity contribution >= 4 is 17.6 Å². The van der Waals surface area contributed by atoms with E-state index in [-0.39, 0.29) is 17.6 Å². The van der Waals surface area contributed by atoms with Gasteiger partial charge >= 0.3 is 5.97 Å². The van der Waals surface area contributed by atoms with Crippen molar-refractivity contribution in [1.82, 2.24) is 9.97 Å². The lowest BCUT2D eigenvalue weighted by Crippen LogP contribution is -1.98. The van der Waals surface area contributed by atoms with Crippen molar-refractivity contribution in [2.24, 2.45) is 0 Å². The van der Waals surface area contributed by atoms with Gasteiger partial charge in [-0.25, -0.2) is 14.8 Å². The molecule has 0 saturated carbocycles. The third-order valence-electron chi connectivity index (χ3n) is 1.39. The quantitative estimate of drug-likeness (QED) is 0.427. The van der Waals surface area contributed by atoms with Crippen LogP contribution in [0.15, 0.2) is 6.20 Å². The summed E-state index contributed by atoms with van der Waals surface area (Å²) in [7, 11) is 0. The first-order valence-electron chi connectivity index (χ1n) is 2.96. The molecule has 0 unspecified atom stereocenters. The SMILES string of the molecule is O=C1OCc2cnc(Cl)nc21. The Kier molecular flexibility index (Phi) is 1.29. The molecule has 0 amide bonds. The predicted octanol–water partition coefficient (Wildman–Crippen LogP) is 0.800. The van der Waals surface area contributed by atoms with Crippen molar-refractivity contribution in [1.29, 1.82) is 0 Å². The fourth-order valence-corrected chi connectivity index (χ4v) is 1.01. The van der Waals surface area contributed by atoms with Crippen LogP contribution >= 0.6 is 11.6 Å². The molecule has 4 nitrogen and oxygen atoms in total. The molecule has 0 fully saturated rings. The van der Waals surface area contributed by atoms with Crippen LogP contribution in [0.5, 0.6) is 0 Å². The van der Waals surface area contributed by atoms with Crippen LogP contribution in [0.2, 0.25) is 5.28 Å². The van der Waals surface area contributed by atoms with Gasteiger partial charge in [0, 0.05) is 11.8 Å². The van der Waals surface area contributed by atoms with E-state index in [1.165, 1.54) is 6.20 Å². The Morgan fingerprint density at radius 2 is 2.45 bits per heavy atom. The van der Waals surface area contributed by atoms with Crippen LogP contribution in [0, 0.1) is 0 Å².